The summed E-state index contributed by atoms with van der Waals surface area (Å²) >= 11 is 1.80. The van der Waals surface area contributed by atoms with Crippen LogP contribution in [0, 0.1) is 11.8 Å². The smallest absolute Gasteiger partial charge is 0.316 e. The number of nitrogens with zero attached hydrogens (tertiary/aromatic N) is 1. The Bertz CT molecular complexity index is 571. The first kappa shape index (κ1) is 23.7. The van der Waals surface area contributed by atoms with Crippen molar-refractivity contribution >= 4 is 29.2 Å². The van der Waals surface area contributed by atoms with Gasteiger partial charge in [-0.2, -0.15) is 11.8 Å². The van der Waals surface area contributed by atoms with Crippen LogP contribution < -0.4 is 0 Å². The number of aliphatic hydroxyl groups excluding tert-OH is 1. The Balaban J connectivity index is 3.31. The summed E-state index contributed by atoms with van der Waals surface area (Å²) in [5, 5.41) is 11.3. The number of carbonyl (C=O) groups excluding carboxylic acids is 2. The number of aliphatic hydroxyl groups is 1. The second-order valence-electron chi connectivity index (χ2n) is 6.96. The Hall–Kier alpha value is -1.30. The van der Waals surface area contributed by atoms with Gasteiger partial charge in [0.05, 0.1) is 12.2 Å². The van der Waals surface area contributed by atoms with Gasteiger partial charge >= 0.3 is 5.97 Å². The Morgan fingerprint density at radius 1 is 1.30 bits per heavy atom. The van der Waals surface area contributed by atoms with Gasteiger partial charge in [0.2, 0.25) is 0 Å². The summed E-state index contributed by atoms with van der Waals surface area (Å²) in [6.45, 7) is 10.8. The number of hydrogen-bond acceptors (Lipinski definition) is 6. The molecule has 1 rings (SSSR count). The van der Waals surface area contributed by atoms with E-state index in [9.17, 15) is 14.7 Å². The van der Waals surface area contributed by atoms with Gasteiger partial charge in [-0.1, -0.05) is 34.1 Å². The molecule has 0 spiro atoms. The quantitative estimate of drug-likeness (QED) is 0.402. The zero-order valence-electron chi connectivity index (χ0n) is 17.4. The fourth-order valence-electron chi connectivity index (χ4n) is 3.59. The minimum atomic E-state index is -0.777. The summed E-state index contributed by atoms with van der Waals surface area (Å²) in [6.07, 6.45) is 3.26. The summed E-state index contributed by atoms with van der Waals surface area (Å²) < 4.78 is 5.24. The SMILES string of the molecule is CCCN=C(CCC)C1=C(O)[C@@H](C(=O)OCC)[C@@H](C[C@@H](C)SCC)CC1=O. The van der Waals surface area contributed by atoms with Crippen LogP contribution in [0.2, 0.25) is 0 Å². The van der Waals surface area contributed by atoms with Crippen LogP contribution in [0.3, 0.4) is 0 Å². The molecular formula is C21H35NO4S. The lowest BCUT2D eigenvalue weighted by Crippen LogP contribution is -2.38. The highest BCUT2D eigenvalue weighted by Crippen LogP contribution is 2.38. The highest BCUT2D eigenvalue weighted by atomic mass is 32.2. The van der Waals surface area contributed by atoms with E-state index < -0.39 is 11.9 Å². The van der Waals surface area contributed by atoms with Crippen LogP contribution in [0.25, 0.3) is 0 Å². The maximum atomic E-state index is 12.9. The monoisotopic (exact) mass is 397 g/mol. The molecule has 0 aliphatic heterocycles. The first-order chi connectivity index (χ1) is 12.9. The number of hydrogen-bond donors (Lipinski definition) is 1. The molecule has 0 radical (unpaired) electrons. The second-order valence-corrected chi connectivity index (χ2v) is 8.67. The van der Waals surface area contributed by atoms with Crippen LogP contribution in [0.4, 0.5) is 0 Å². The van der Waals surface area contributed by atoms with Crippen LogP contribution in [0.5, 0.6) is 0 Å². The van der Waals surface area contributed by atoms with Crippen molar-refractivity contribution in [1.82, 2.24) is 0 Å². The molecule has 1 N–H and O–H groups in total. The third-order valence-electron chi connectivity index (χ3n) is 4.68. The fourth-order valence-corrected chi connectivity index (χ4v) is 4.54. The van der Waals surface area contributed by atoms with Gasteiger partial charge in [-0.3, -0.25) is 14.6 Å². The van der Waals surface area contributed by atoms with Gasteiger partial charge in [-0.15, -0.1) is 0 Å². The lowest BCUT2D eigenvalue weighted by atomic mass is 9.74. The van der Waals surface area contributed by atoms with Crippen molar-refractivity contribution in [1.29, 1.82) is 0 Å². The average molecular weight is 398 g/mol. The highest BCUT2D eigenvalue weighted by molar-refractivity contribution is 7.99. The average Bonchev–Trinajstić information content (AvgIpc) is 2.59. The van der Waals surface area contributed by atoms with Gasteiger partial charge in [0, 0.05) is 23.9 Å². The highest BCUT2D eigenvalue weighted by Gasteiger charge is 2.43. The summed E-state index contributed by atoms with van der Waals surface area (Å²) in [6, 6.07) is 0. The molecular weight excluding hydrogens is 362 g/mol. The number of allylic oxidation sites excluding steroid dienone is 1. The van der Waals surface area contributed by atoms with Crippen LogP contribution in [0.15, 0.2) is 16.3 Å². The zero-order valence-corrected chi connectivity index (χ0v) is 18.2. The molecule has 1 aliphatic carbocycles. The van der Waals surface area contributed by atoms with Crippen LogP contribution in [-0.2, 0) is 14.3 Å². The van der Waals surface area contributed by atoms with Gasteiger partial charge in [-0.25, -0.2) is 0 Å². The van der Waals surface area contributed by atoms with E-state index in [1.807, 2.05) is 13.8 Å². The van der Waals surface area contributed by atoms with E-state index in [0.29, 0.717) is 30.3 Å². The molecule has 0 aromatic heterocycles. The third-order valence-corrected chi connectivity index (χ3v) is 5.77. The molecule has 0 saturated carbocycles. The molecule has 0 heterocycles. The van der Waals surface area contributed by atoms with Crippen molar-refractivity contribution in [3.8, 4) is 0 Å². The van der Waals surface area contributed by atoms with Crippen LogP contribution in [-0.4, -0.2) is 46.7 Å². The Labute approximate surface area is 168 Å². The zero-order chi connectivity index (χ0) is 20.4. The summed E-state index contributed by atoms with van der Waals surface area (Å²) in [7, 11) is 0. The van der Waals surface area contributed by atoms with E-state index in [1.54, 1.807) is 18.7 Å². The Kier molecular flexibility index (Phi) is 10.7. The molecule has 0 aromatic rings. The number of rotatable bonds is 11. The fraction of sp³-hybridized carbons (Fsp3) is 0.762. The third kappa shape index (κ3) is 6.66. The van der Waals surface area contributed by atoms with Gasteiger partial charge in [0.15, 0.2) is 5.78 Å². The Morgan fingerprint density at radius 3 is 2.56 bits per heavy atom. The number of ether oxygens (including phenoxy) is 1. The van der Waals surface area contributed by atoms with Crippen molar-refractivity contribution < 1.29 is 19.4 Å². The van der Waals surface area contributed by atoms with Crippen LogP contribution >= 0.6 is 11.8 Å². The van der Waals surface area contributed by atoms with E-state index in [2.05, 4.69) is 18.8 Å². The lowest BCUT2D eigenvalue weighted by molar-refractivity contribution is -0.150. The molecule has 0 amide bonds. The van der Waals surface area contributed by atoms with Crippen molar-refractivity contribution in [2.45, 2.75) is 72.0 Å². The lowest BCUT2D eigenvalue weighted by Gasteiger charge is -2.32. The molecule has 3 atom stereocenters. The molecule has 0 unspecified atom stereocenters. The molecule has 0 bridgehead atoms. The van der Waals surface area contributed by atoms with Gasteiger partial charge < -0.3 is 9.84 Å². The molecule has 5 nitrogen and oxygen atoms in total. The number of ketones is 1. The van der Waals surface area contributed by atoms with E-state index in [0.717, 1.165) is 18.6 Å². The van der Waals surface area contributed by atoms with Crippen molar-refractivity contribution in [2.24, 2.45) is 16.8 Å². The summed E-state index contributed by atoms with van der Waals surface area (Å²) in [5.41, 5.74) is 0.890. The van der Waals surface area contributed by atoms with E-state index in [1.165, 1.54) is 0 Å². The molecule has 0 fully saturated rings. The number of Topliss-reactive ketones (excluding diaryl/α,β-unsaturated/α-hetero) is 1. The Morgan fingerprint density at radius 2 is 2.00 bits per heavy atom. The first-order valence-electron chi connectivity index (χ1n) is 10.2. The molecule has 0 saturated heterocycles. The van der Waals surface area contributed by atoms with E-state index in [4.69, 9.17) is 4.74 Å². The predicted molar refractivity (Wildman–Crippen MR) is 113 cm³/mol. The van der Waals surface area contributed by atoms with Gasteiger partial charge in [0.1, 0.15) is 11.7 Å². The number of thioether (sulfide) groups is 1. The minimum absolute atomic E-state index is 0.102. The number of esters is 1. The number of carbonyl (C=O) groups is 2. The predicted octanol–water partition coefficient (Wildman–Crippen LogP) is 4.75. The molecule has 154 valence electrons. The van der Waals surface area contributed by atoms with Crippen LogP contribution in [0.1, 0.15) is 66.7 Å². The largest absolute Gasteiger partial charge is 0.511 e. The topological polar surface area (TPSA) is 76.0 Å². The first-order valence-corrected chi connectivity index (χ1v) is 11.2. The standard InChI is InChI=1S/C21H35NO4S/c1-6-10-16(22-11-7-2)19-17(23)13-15(12-14(5)27-9-4)18(20(19)24)21(25)26-8-3/h14-15,18,24H,6-13H2,1-5H3/t14-,15+,18+/m1/s1. The maximum absolute atomic E-state index is 12.9. The van der Waals surface area contributed by atoms with Crippen molar-refractivity contribution in [3.05, 3.63) is 11.3 Å². The van der Waals surface area contributed by atoms with Gasteiger partial charge in [-0.05, 0) is 37.9 Å². The second kappa shape index (κ2) is 12.2. The van der Waals surface area contributed by atoms with Crippen molar-refractivity contribution in [3.63, 3.8) is 0 Å². The number of aliphatic imine (C=N–C) groups is 1. The maximum Gasteiger partial charge on any atom is 0.316 e. The van der Waals surface area contributed by atoms with Crippen molar-refractivity contribution in [2.75, 3.05) is 18.9 Å². The molecule has 1 aliphatic rings. The minimum Gasteiger partial charge on any atom is -0.511 e. The summed E-state index contributed by atoms with van der Waals surface area (Å²) in [5.74, 6) is -0.708. The molecule has 0 aromatic carbocycles. The van der Waals surface area contributed by atoms with Gasteiger partial charge in [0.25, 0.3) is 0 Å². The normalized spacial score (nSPS) is 22.1. The molecule has 27 heavy (non-hydrogen) atoms. The molecule has 6 heteroatoms. The van der Waals surface area contributed by atoms with E-state index in [-0.39, 0.29) is 36.1 Å². The summed E-state index contributed by atoms with van der Waals surface area (Å²) in [4.78, 5) is 30.1. The van der Waals surface area contributed by atoms with E-state index >= 15 is 0 Å².